The first-order chi connectivity index (χ1) is 10.4. The van der Waals surface area contributed by atoms with Crippen molar-refractivity contribution >= 4 is 11.6 Å². The molecule has 0 aliphatic heterocycles. The van der Waals surface area contributed by atoms with E-state index < -0.39 is 11.7 Å². The summed E-state index contributed by atoms with van der Waals surface area (Å²) in [4.78, 5) is 10.7. The van der Waals surface area contributed by atoms with E-state index >= 15 is 0 Å². The molecule has 0 saturated heterocycles. The van der Waals surface area contributed by atoms with E-state index in [0.717, 1.165) is 6.07 Å². The molecule has 0 aromatic heterocycles. The summed E-state index contributed by atoms with van der Waals surface area (Å²) < 4.78 is 14.2. The van der Waals surface area contributed by atoms with E-state index in [4.69, 9.17) is 11.1 Å². The van der Waals surface area contributed by atoms with Crippen LogP contribution in [-0.2, 0) is 4.79 Å². The molecule has 114 valence electrons. The number of hydrogen-bond donors (Lipinski definition) is 4. The highest BCUT2D eigenvalue weighted by Crippen LogP contribution is 2.34. The molecule has 0 heterocycles. The van der Waals surface area contributed by atoms with Gasteiger partial charge in [-0.1, -0.05) is 12.1 Å². The van der Waals surface area contributed by atoms with Gasteiger partial charge < -0.3 is 21.4 Å². The van der Waals surface area contributed by atoms with Crippen LogP contribution in [0, 0.1) is 11.2 Å². The van der Waals surface area contributed by atoms with Crippen LogP contribution >= 0.6 is 0 Å². The maximum Gasteiger partial charge on any atom is 0.217 e. The van der Waals surface area contributed by atoms with Crippen LogP contribution in [0.3, 0.4) is 0 Å². The predicted molar refractivity (Wildman–Crippen MR) is 80.4 cm³/mol. The van der Waals surface area contributed by atoms with Gasteiger partial charge in [0, 0.05) is 23.3 Å². The van der Waals surface area contributed by atoms with Crippen LogP contribution in [0.15, 0.2) is 36.4 Å². The predicted octanol–water partition coefficient (Wildman–Crippen LogP) is 2.54. The monoisotopic (exact) mass is 302 g/mol. The number of rotatable bonds is 5. The number of aromatic hydroxyl groups is 2. The molecule has 0 spiro atoms. The van der Waals surface area contributed by atoms with Gasteiger partial charge in [0.25, 0.3) is 0 Å². The van der Waals surface area contributed by atoms with Crippen molar-refractivity contribution in [2.24, 2.45) is 5.73 Å². The summed E-state index contributed by atoms with van der Waals surface area (Å²) in [5.41, 5.74) is 5.73. The van der Waals surface area contributed by atoms with Crippen LogP contribution in [0.4, 0.5) is 4.39 Å². The first kappa shape index (κ1) is 15.5. The van der Waals surface area contributed by atoms with Crippen molar-refractivity contribution < 1.29 is 19.4 Å². The Morgan fingerprint density at radius 1 is 1.09 bits per heavy atom. The second-order valence-corrected chi connectivity index (χ2v) is 4.84. The second kappa shape index (κ2) is 6.26. The lowest BCUT2D eigenvalue weighted by molar-refractivity contribution is -0.117. The summed E-state index contributed by atoms with van der Waals surface area (Å²) in [6.45, 7) is 0. The SMILES string of the molecule is N=C(CCC(N)=O)c1ccc(-c2cc(O)ccc2O)c(F)c1. The van der Waals surface area contributed by atoms with Gasteiger partial charge in [-0.05, 0) is 36.2 Å². The van der Waals surface area contributed by atoms with Gasteiger partial charge in [-0.25, -0.2) is 4.39 Å². The summed E-state index contributed by atoms with van der Waals surface area (Å²) >= 11 is 0. The van der Waals surface area contributed by atoms with Crippen LogP contribution in [-0.4, -0.2) is 21.8 Å². The van der Waals surface area contributed by atoms with Crippen LogP contribution in [0.25, 0.3) is 11.1 Å². The molecule has 0 saturated carbocycles. The molecule has 1 amide bonds. The Labute approximate surface area is 126 Å². The highest BCUT2D eigenvalue weighted by atomic mass is 19.1. The van der Waals surface area contributed by atoms with Crippen molar-refractivity contribution in [3.8, 4) is 22.6 Å². The molecule has 0 aliphatic carbocycles. The van der Waals surface area contributed by atoms with E-state index in [0.29, 0.717) is 5.56 Å². The quantitative estimate of drug-likeness (QED) is 0.503. The number of halogens is 1. The number of primary amides is 1. The summed E-state index contributed by atoms with van der Waals surface area (Å²) in [7, 11) is 0. The Balaban J connectivity index is 2.32. The Hall–Kier alpha value is -2.89. The van der Waals surface area contributed by atoms with E-state index in [9.17, 15) is 19.4 Å². The van der Waals surface area contributed by atoms with Crippen LogP contribution in [0.5, 0.6) is 11.5 Å². The summed E-state index contributed by atoms with van der Waals surface area (Å²) in [5.74, 6) is -1.41. The molecular formula is C16H15FN2O3. The first-order valence-electron chi connectivity index (χ1n) is 6.56. The molecule has 5 N–H and O–H groups in total. The highest BCUT2D eigenvalue weighted by molar-refractivity contribution is 6.00. The molecule has 2 aromatic rings. The van der Waals surface area contributed by atoms with E-state index in [1.54, 1.807) is 0 Å². The summed E-state index contributed by atoms with van der Waals surface area (Å²) in [6, 6.07) is 7.91. The van der Waals surface area contributed by atoms with Gasteiger partial charge in [0.1, 0.15) is 17.3 Å². The molecule has 22 heavy (non-hydrogen) atoms. The Morgan fingerprint density at radius 3 is 2.45 bits per heavy atom. The topological polar surface area (TPSA) is 107 Å². The number of phenolic OH excluding ortho intramolecular Hbond substituents is 2. The molecular weight excluding hydrogens is 287 g/mol. The lowest BCUT2D eigenvalue weighted by Crippen LogP contribution is -2.12. The lowest BCUT2D eigenvalue weighted by Gasteiger charge is -2.09. The molecule has 0 radical (unpaired) electrons. The maximum atomic E-state index is 14.2. The average Bonchev–Trinajstić information content (AvgIpc) is 2.47. The minimum absolute atomic E-state index is 0.0234. The van der Waals surface area contributed by atoms with Crippen molar-refractivity contribution in [2.75, 3.05) is 0 Å². The number of phenols is 2. The molecule has 0 bridgehead atoms. The number of nitrogens with one attached hydrogen (secondary N) is 1. The normalized spacial score (nSPS) is 10.4. The van der Waals surface area contributed by atoms with Gasteiger partial charge in [0.2, 0.25) is 5.91 Å². The molecule has 5 nitrogen and oxygen atoms in total. The molecule has 0 atom stereocenters. The van der Waals surface area contributed by atoms with E-state index in [1.165, 1.54) is 30.3 Å². The minimum atomic E-state index is -0.637. The van der Waals surface area contributed by atoms with Gasteiger partial charge in [-0.3, -0.25) is 4.79 Å². The van der Waals surface area contributed by atoms with Crippen molar-refractivity contribution in [3.05, 3.63) is 47.8 Å². The van der Waals surface area contributed by atoms with E-state index in [1.807, 2.05) is 0 Å². The van der Waals surface area contributed by atoms with Crippen LogP contribution in [0.1, 0.15) is 18.4 Å². The number of carbonyl (C=O) groups excluding carboxylic acids is 1. The molecule has 0 fully saturated rings. The molecule has 0 aliphatic rings. The Morgan fingerprint density at radius 2 is 1.82 bits per heavy atom. The summed E-state index contributed by atoms with van der Waals surface area (Å²) in [6.07, 6.45) is 0.154. The fourth-order valence-corrected chi connectivity index (χ4v) is 2.05. The number of carbonyl (C=O) groups is 1. The summed E-state index contributed by atoms with van der Waals surface area (Å²) in [5, 5.41) is 27.0. The van der Waals surface area contributed by atoms with Gasteiger partial charge in [-0.2, -0.15) is 0 Å². The fourth-order valence-electron chi connectivity index (χ4n) is 2.05. The first-order valence-corrected chi connectivity index (χ1v) is 6.56. The van der Waals surface area contributed by atoms with E-state index in [-0.39, 0.29) is 41.2 Å². The zero-order valence-electron chi connectivity index (χ0n) is 11.6. The largest absolute Gasteiger partial charge is 0.508 e. The molecule has 6 heteroatoms. The molecule has 2 aromatic carbocycles. The fraction of sp³-hybridized carbons (Fsp3) is 0.125. The number of amides is 1. The third-order valence-corrected chi connectivity index (χ3v) is 3.21. The number of nitrogens with two attached hydrogens (primary N) is 1. The smallest absolute Gasteiger partial charge is 0.217 e. The van der Waals surface area contributed by atoms with Gasteiger partial charge >= 0.3 is 0 Å². The Bertz CT molecular complexity index is 744. The number of hydrogen-bond acceptors (Lipinski definition) is 4. The van der Waals surface area contributed by atoms with Gasteiger partial charge in [-0.15, -0.1) is 0 Å². The van der Waals surface area contributed by atoms with E-state index in [2.05, 4.69) is 0 Å². The lowest BCUT2D eigenvalue weighted by atomic mass is 9.99. The standard InChI is InChI=1S/C16H15FN2O3/c17-13-7-9(14(18)4-6-16(19)22)1-3-11(13)12-8-10(20)2-5-15(12)21/h1-3,5,7-8,18,20-21H,4,6H2,(H2,19,22). The molecule has 2 rings (SSSR count). The van der Waals surface area contributed by atoms with Crippen molar-refractivity contribution in [1.82, 2.24) is 0 Å². The second-order valence-electron chi connectivity index (χ2n) is 4.84. The zero-order chi connectivity index (χ0) is 16.3. The van der Waals surface area contributed by atoms with Gasteiger partial charge in [0.15, 0.2) is 0 Å². The van der Waals surface area contributed by atoms with Crippen LogP contribution < -0.4 is 5.73 Å². The minimum Gasteiger partial charge on any atom is -0.508 e. The molecule has 0 unspecified atom stereocenters. The third-order valence-electron chi connectivity index (χ3n) is 3.21. The maximum absolute atomic E-state index is 14.2. The average molecular weight is 302 g/mol. The van der Waals surface area contributed by atoms with Crippen molar-refractivity contribution in [2.45, 2.75) is 12.8 Å². The number of benzene rings is 2. The van der Waals surface area contributed by atoms with Crippen molar-refractivity contribution in [1.29, 1.82) is 5.41 Å². The third kappa shape index (κ3) is 3.41. The zero-order valence-corrected chi connectivity index (χ0v) is 11.6. The van der Waals surface area contributed by atoms with Crippen LogP contribution in [0.2, 0.25) is 0 Å². The Kier molecular flexibility index (Phi) is 4.41. The van der Waals surface area contributed by atoms with Gasteiger partial charge in [0.05, 0.1) is 0 Å². The van der Waals surface area contributed by atoms with Crippen molar-refractivity contribution in [3.63, 3.8) is 0 Å². The highest BCUT2D eigenvalue weighted by Gasteiger charge is 2.13.